The van der Waals surface area contributed by atoms with Crippen LogP contribution in [0.1, 0.15) is 36.6 Å². The van der Waals surface area contributed by atoms with Gasteiger partial charge in [0.15, 0.2) is 5.82 Å². The van der Waals surface area contributed by atoms with Crippen molar-refractivity contribution in [1.29, 1.82) is 5.26 Å². The van der Waals surface area contributed by atoms with Gasteiger partial charge in [-0.15, -0.1) is 0 Å². The number of nitrogens with zero attached hydrogens (tertiary/aromatic N) is 4. The molecule has 2 rings (SSSR count). The topological polar surface area (TPSA) is 63.7 Å². The van der Waals surface area contributed by atoms with E-state index in [2.05, 4.69) is 23.1 Å². The zero-order valence-corrected chi connectivity index (χ0v) is 12.1. The van der Waals surface area contributed by atoms with E-state index in [1.165, 1.54) is 0 Å². The first kappa shape index (κ1) is 14.1. The summed E-state index contributed by atoms with van der Waals surface area (Å²) in [6, 6.07) is 7.69. The Kier molecular flexibility index (Phi) is 4.36. The highest BCUT2D eigenvalue weighted by Gasteiger charge is 2.09. The molecule has 5 nitrogen and oxygen atoms in total. The lowest BCUT2D eigenvalue weighted by atomic mass is 10.1. The standard InChI is InChI=1S/C15H18N4O/c1-4-14-17-15(5-2)19(18-14)10-11-6-7-12(9-16)13(8-11)20-3/h6-8H,4-5,10H2,1-3H3. The second-order valence-electron chi connectivity index (χ2n) is 4.46. The molecule has 0 radical (unpaired) electrons. The monoisotopic (exact) mass is 270 g/mol. The van der Waals surface area contributed by atoms with Crippen molar-refractivity contribution in [3.8, 4) is 11.8 Å². The molecule has 5 heteroatoms. The molecule has 0 aliphatic carbocycles. The van der Waals surface area contributed by atoms with Crippen LogP contribution in [0.3, 0.4) is 0 Å². The molecule has 0 fully saturated rings. The third kappa shape index (κ3) is 2.80. The number of benzene rings is 1. The number of methoxy groups -OCH3 is 1. The minimum atomic E-state index is 0.541. The fourth-order valence-electron chi connectivity index (χ4n) is 2.06. The Morgan fingerprint density at radius 1 is 1.30 bits per heavy atom. The molecule has 1 aromatic carbocycles. The molecule has 1 aromatic heterocycles. The highest BCUT2D eigenvalue weighted by molar-refractivity contribution is 5.45. The van der Waals surface area contributed by atoms with Crippen LogP contribution in [0.4, 0.5) is 0 Å². The molecule has 0 spiro atoms. The minimum Gasteiger partial charge on any atom is -0.495 e. The van der Waals surface area contributed by atoms with Crippen molar-refractivity contribution in [2.45, 2.75) is 33.2 Å². The van der Waals surface area contributed by atoms with Gasteiger partial charge in [-0.2, -0.15) is 10.4 Å². The van der Waals surface area contributed by atoms with E-state index in [1.54, 1.807) is 13.2 Å². The first-order chi connectivity index (χ1) is 9.71. The third-order valence-corrected chi connectivity index (χ3v) is 3.14. The summed E-state index contributed by atoms with van der Waals surface area (Å²) in [6.07, 6.45) is 1.68. The number of rotatable bonds is 5. The van der Waals surface area contributed by atoms with Crippen molar-refractivity contribution in [2.75, 3.05) is 7.11 Å². The van der Waals surface area contributed by atoms with E-state index < -0.39 is 0 Å². The van der Waals surface area contributed by atoms with Gasteiger partial charge in [0, 0.05) is 12.8 Å². The Morgan fingerprint density at radius 3 is 2.70 bits per heavy atom. The van der Waals surface area contributed by atoms with Crippen LogP contribution in [0.2, 0.25) is 0 Å². The van der Waals surface area contributed by atoms with E-state index in [0.717, 1.165) is 30.1 Å². The van der Waals surface area contributed by atoms with Crippen molar-refractivity contribution in [3.63, 3.8) is 0 Å². The summed E-state index contributed by atoms with van der Waals surface area (Å²) in [6.45, 7) is 4.75. The Bertz CT molecular complexity index is 640. The summed E-state index contributed by atoms with van der Waals surface area (Å²) in [5.74, 6) is 2.44. The molecule has 1 heterocycles. The third-order valence-electron chi connectivity index (χ3n) is 3.14. The molecule has 0 atom stereocenters. The van der Waals surface area contributed by atoms with Gasteiger partial charge in [0.1, 0.15) is 17.6 Å². The minimum absolute atomic E-state index is 0.541. The smallest absolute Gasteiger partial charge is 0.150 e. The second kappa shape index (κ2) is 6.20. The van der Waals surface area contributed by atoms with Gasteiger partial charge in [-0.25, -0.2) is 9.67 Å². The quantitative estimate of drug-likeness (QED) is 0.836. The fraction of sp³-hybridized carbons (Fsp3) is 0.400. The average molecular weight is 270 g/mol. The van der Waals surface area contributed by atoms with Crippen LogP contribution >= 0.6 is 0 Å². The molecular formula is C15H18N4O. The second-order valence-corrected chi connectivity index (χ2v) is 4.46. The van der Waals surface area contributed by atoms with Gasteiger partial charge >= 0.3 is 0 Å². The summed E-state index contributed by atoms with van der Waals surface area (Å²) in [4.78, 5) is 4.49. The van der Waals surface area contributed by atoms with Crippen LogP contribution in [0.5, 0.6) is 5.75 Å². The molecule has 20 heavy (non-hydrogen) atoms. The summed E-state index contributed by atoms with van der Waals surface area (Å²) in [7, 11) is 1.57. The van der Waals surface area contributed by atoms with Crippen LogP contribution in [-0.2, 0) is 19.4 Å². The van der Waals surface area contributed by atoms with Gasteiger partial charge in [0.25, 0.3) is 0 Å². The summed E-state index contributed by atoms with van der Waals surface area (Å²) < 4.78 is 7.15. The molecular weight excluding hydrogens is 252 g/mol. The van der Waals surface area contributed by atoms with Crippen molar-refractivity contribution < 1.29 is 4.74 Å². The van der Waals surface area contributed by atoms with Crippen LogP contribution in [0.25, 0.3) is 0 Å². The van der Waals surface area contributed by atoms with Gasteiger partial charge in [-0.1, -0.05) is 19.9 Å². The van der Waals surface area contributed by atoms with Gasteiger partial charge in [-0.05, 0) is 17.7 Å². The van der Waals surface area contributed by atoms with E-state index in [-0.39, 0.29) is 0 Å². The van der Waals surface area contributed by atoms with E-state index in [0.29, 0.717) is 17.9 Å². The lowest BCUT2D eigenvalue weighted by molar-refractivity contribution is 0.412. The number of aromatic nitrogens is 3. The van der Waals surface area contributed by atoms with Gasteiger partial charge in [-0.3, -0.25) is 0 Å². The van der Waals surface area contributed by atoms with Gasteiger partial charge in [0.2, 0.25) is 0 Å². The molecule has 0 unspecified atom stereocenters. The first-order valence-electron chi connectivity index (χ1n) is 6.71. The summed E-state index contributed by atoms with van der Waals surface area (Å²) >= 11 is 0. The zero-order chi connectivity index (χ0) is 14.5. The maximum absolute atomic E-state index is 8.99. The van der Waals surface area contributed by atoms with E-state index in [9.17, 15) is 0 Å². The van der Waals surface area contributed by atoms with Crippen LogP contribution in [-0.4, -0.2) is 21.9 Å². The highest BCUT2D eigenvalue weighted by atomic mass is 16.5. The zero-order valence-electron chi connectivity index (χ0n) is 12.1. The molecule has 0 aliphatic rings. The van der Waals surface area contributed by atoms with Gasteiger partial charge in [0.05, 0.1) is 19.2 Å². The number of nitriles is 1. The Hall–Kier alpha value is -2.35. The molecule has 0 N–H and O–H groups in total. The van der Waals surface area contributed by atoms with E-state index in [4.69, 9.17) is 10.00 Å². The van der Waals surface area contributed by atoms with Crippen LogP contribution in [0.15, 0.2) is 18.2 Å². The fourth-order valence-corrected chi connectivity index (χ4v) is 2.06. The predicted molar refractivity (Wildman–Crippen MR) is 75.6 cm³/mol. The highest BCUT2D eigenvalue weighted by Crippen LogP contribution is 2.20. The predicted octanol–water partition coefficient (Wildman–Crippen LogP) is 2.33. The largest absolute Gasteiger partial charge is 0.495 e. The normalized spacial score (nSPS) is 10.3. The molecule has 0 bridgehead atoms. The number of hydrogen-bond acceptors (Lipinski definition) is 4. The summed E-state index contributed by atoms with van der Waals surface area (Å²) in [5.41, 5.74) is 1.59. The first-order valence-corrected chi connectivity index (χ1v) is 6.71. The van der Waals surface area contributed by atoms with Crippen molar-refractivity contribution in [1.82, 2.24) is 14.8 Å². The summed E-state index contributed by atoms with van der Waals surface area (Å²) in [5, 5.41) is 13.5. The lowest BCUT2D eigenvalue weighted by Gasteiger charge is -2.08. The molecule has 0 amide bonds. The molecule has 0 saturated heterocycles. The molecule has 104 valence electrons. The Morgan fingerprint density at radius 2 is 2.10 bits per heavy atom. The Balaban J connectivity index is 2.30. The molecule has 0 saturated carbocycles. The van der Waals surface area contributed by atoms with Crippen molar-refractivity contribution in [3.05, 3.63) is 41.0 Å². The van der Waals surface area contributed by atoms with Crippen LogP contribution in [0, 0.1) is 11.3 Å². The maximum atomic E-state index is 8.99. The Labute approximate surface area is 118 Å². The van der Waals surface area contributed by atoms with Crippen molar-refractivity contribution in [2.24, 2.45) is 0 Å². The van der Waals surface area contributed by atoms with Crippen molar-refractivity contribution >= 4 is 0 Å². The molecule has 0 aliphatic heterocycles. The number of ether oxygens (including phenoxy) is 1. The maximum Gasteiger partial charge on any atom is 0.150 e. The van der Waals surface area contributed by atoms with E-state index in [1.807, 2.05) is 23.7 Å². The van der Waals surface area contributed by atoms with Gasteiger partial charge < -0.3 is 4.74 Å². The molecule has 2 aromatic rings. The number of hydrogen-bond donors (Lipinski definition) is 0. The van der Waals surface area contributed by atoms with E-state index >= 15 is 0 Å². The average Bonchev–Trinajstić information content (AvgIpc) is 2.89. The lowest BCUT2D eigenvalue weighted by Crippen LogP contribution is -2.06. The van der Waals surface area contributed by atoms with Crippen LogP contribution < -0.4 is 4.74 Å². The number of aryl methyl sites for hydroxylation is 2. The SMILES string of the molecule is CCc1nc(CC)n(Cc2ccc(C#N)c(OC)c2)n1.